The molecule has 1 saturated heterocycles. The highest BCUT2D eigenvalue weighted by Crippen LogP contribution is 2.22. The van der Waals surface area contributed by atoms with Crippen LogP contribution in [-0.4, -0.2) is 49.7 Å². The van der Waals surface area contributed by atoms with Crippen molar-refractivity contribution in [2.75, 3.05) is 13.1 Å². The van der Waals surface area contributed by atoms with E-state index in [9.17, 15) is 9.59 Å². The molecule has 2 rings (SSSR count). The van der Waals surface area contributed by atoms with Crippen molar-refractivity contribution in [2.24, 2.45) is 5.92 Å². The summed E-state index contributed by atoms with van der Waals surface area (Å²) < 4.78 is 1.51. The molecule has 0 aromatic carbocycles. The van der Waals surface area contributed by atoms with Gasteiger partial charge in [0.05, 0.1) is 0 Å². The van der Waals surface area contributed by atoms with E-state index in [-0.39, 0.29) is 18.2 Å². The fourth-order valence-electron chi connectivity index (χ4n) is 2.24. The molecular weight excluding hydrogens is 236 g/mol. The fourth-order valence-corrected chi connectivity index (χ4v) is 2.24. The molecule has 0 aliphatic carbocycles. The minimum atomic E-state index is -0.807. The van der Waals surface area contributed by atoms with Gasteiger partial charge in [0.1, 0.15) is 18.7 Å². The van der Waals surface area contributed by atoms with Crippen molar-refractivity contribution in [3.8, 4) is 0 Å². The number of likely N-dealkylation sites (tertiary alicyclic amines) is 1. The zero-order valence-electron chi connectivity index (χ0n) is 10.2. The van der Waals surface area contributed by atoms with Crippen molar-refractivity contribution >= 4 is 11.9 Å². The lowest BCUT2D eigenvalue weighted by Crippen LogP contribution is -2.35. The van der Waals surface area contributed by atoms with E-state index in [1.165, 1.54) is 17.3 Å². The van der Waals surface area contributed by atoms with Crippen molar-refractivity contribution in [3.63, 3.8) is 0 Å². The Hall–Kier alpha value is -1.92. The van der Waals surface area contributed by atoms with Crippen LogP contribution in [0.4, 0.5) is 0 Å². The Balaban J connectivity index is 1.93. The maximum atomic E-state index is 12.2. The Kier molecular flexibility index (Phi) is 3.59. The number of hydrogen-bond acceptors (Lipinski definition) is 4. The summed E-state index contributed by atoms with van der Waals surface area (Å²) in [5.74, 6) is -0.776. The Morgan fingerprint density at radius 2 is 2.33 bits per heavy atom. The van der Waals surface area contributed by atoms with Crippen LogP contribution in [-0.2, 0) is 9.59 Å². The van der Waals surface area contributed by atoms with Crippen LogP contribution in [0.5, 0.6) is 0 Å². The first-order valence-corrected chi connectivity index (χ1v) is 5.92. The van der Waals surface area contributed by atoms with Gasteiger partial charge in [-0.15, -0.1) is 0 Å². The molecule has 18 heavy (non-hydrogen) atoms. The summed E-state index contributed by atoms with van der Waals surface area (Å²) >= 11 is 0. The second kappa shape index (κ2) is 5.16. The van der Waals surface area contributed by atoms with E-state index in [0.29, 0.717) is 13.1 Å². The predicted molar refractivity (Wildman–Crippen MR) is 61.7 cm³/mol. The minimum Gasteiger partial charge on any atom is -0.481 e. The third-order valence-electron chi connectivity index (χ3n) is 3.25. The minimum absolute atomic E-state index is 0.0339. The molecule has 7 heteroatoms. The van der Waals surface area contributed by atoms with Crippen LogP contribution in [0.1, 0.15) is 25.8 Å². The van der Waals surface area contributed by atoms with Crippen LogP contribution in [0.3, 0.4) is 0 Å². The van der Waals surface area contributed by atoms with E-state index in [2.05, 4.69) is 10.1 Å². The average Bonchev–Trinajstić information content (AvgIpc) is 2.96. The highest BCUT2D eigenvalue weighted by atomic mass is 16.4. The molecule has 0 saturated carbocycles. The number of aromatic nitrogens is 3. The SMILES string of the molecule is CC(C(=O)N1CCC(CC(=O)O)C1)n1cncn1. The third-order valence-corrected chi connectivity index (χ3v) is 3.25. The lowest BCUT2D eigenvalue weighted by molar-refractivity contribution is -0.139. The van der Waals surface area contributed by atoms with E-state index < -0.39 is 12.0 Å². The molecule has 98 valence electrons. The predicted octanol–water partition coefficient (Wildman–Crippen LogP) is 0.162. The monoisotopic (exact) mass is 252 g/mol. The zero-order chi connectivity index (χ0) is 13.1. The maximum absolute atomic E-state index is 12.2. The van der Waals surface area contributed by atoms with Crippen LogP contribution in [0.25, 0.3) is 0 Å². The second-order valence-electron chi connectivity index (χ2n) is 4.59. The van der Waals surface area contributed by atoms with Crippen LogP contribution >= 0.6 is 0 Å². The smallest absolute Gasteiger partial charge is 0.303 e. The summed E-state index contributed by atoms with van der Waals surface area (Å²) in [6.45, 7) is 2.90. The van der Waals surface area contributed by atoms with E-state index in [1.54, 1.807) is 11.8 Å². The van der Waals surface area contributed by atoms with Gasteiger partial charge in [0.2, 0.25) is 5.91 Å². The Labute approximate surface area is 104 Å². The molecule has 1 aromatic heterocycles. The van der Waals surface area contributed by atoms with Crippen molar-refractivity contribution in [2.45, 2.75) is 25.8 Å². The first-order chi connectivity index (χ1) is 8.58. The molecule has 1 fully saturated rings. The van der Waals surface area contributed by atoms with Crippen molar-refractivity contribution in [1.82, 2.24) is 19.7 Å². The average molecular weight is 252 g/mol. The largest absolute Gasteiger partial charge is 0.481 e. The van der Waals surface area contributed by atoms with Gasteiger partial charge in [-0.05, 0) is 19.3 Å². The number of amides is 1. The standard InChI is InChI=1S/C11H16N4O3/c1-8(15-7-12-6-13-15)11(18)14-3-2-9(5-14)4-10(16)17/h6-9H,2-5H2,1H3,(H,16,17). The van der Waals surface area contributed by atoms with Crippen molar-refractivity contribution < 1.29 is 14.7 Å². The molecule has 1 aromatic rings. The summed E-state index contributed by atoms with van der Waals surface area (Å²) in [6.07, 6.45) is 3.78. The number of aliphatic carboxylic acids is 1. The highest BCUT2D eigenvalue weighted by molar-refractivity contribution is 5.80. The molecule has 0 bridgehead atoms. The number of carbonyl (C=O) groups is 2. The molecule has 1 N–H and O–H groups in total. The van der Waals surface area contributed by atoms with Gasteiger partial charge in [-0.3, -0.25) is 9.59 Å². The van der Waals surface area contributed by atoms with Gasteiger partial charge >= 0.3 is 5.97 Å². The Morgan fingerprint density at radius 1 is 1.56 bits per heavy atom. The molecule has 2 heterocycles. The van der Waals surface area contributed by atoms with Gasteiger partial charge in [0.15, 0.2) is 0 Å². The number of carboxylic acid groups (broad SMARTS) is 1. The maximum Gasteiger partial charge on any atom is 0.303 e. The lowest BCUT2D eigenvalue weighted by Gasteiger charge is -2.20. The van der Waals surface area contributed by atoms with Gasteiger partial charge in [0, 0.05) is 19.5 Å². The number of hydrogen-bond donors (Lipinski definition) is 1. The van der Waals surface area contributed by atoms with E-state index >= 15 is 0 Å². The third kappa shape index (κ3) is 2.66. The lowest BCUT2D eigenvalue weighted by atomic mass is 10.1. The first-order valence-electron chi connectivity index (χ1n) is 5.92. The summed E-state index contributed by atoms with van der Waals surface area (Å²) in [4.78, 5) is 28.3. The second-order valence-corrected chi connectivity index (χ2v) is 4.59. The summed E-state index contributed by atoms with van der Waals surface area (Å²) in [7, 11) is 0. The number of nitrogens with zero attached hydrogens (tertiary/aromatic N) is 4. The van der Waals surface area contributed by atoms with Crippen LogP contribution in [0, 0.1) is 5.92 Å². The van der Waals surface area contributed by atoms with Gasteiger partial charge in [-0.2, -0.15) is 5.10 Å². The first kappa shape index (κ1) is 12.5. The topological polar surface area (TPSA) is 88.3 Å². The van der Waals surface area contributed by atoms with Gasteiger partial charge in [0.25, 0.3) is 0 Å². The van der Waals surface area contributed by atoms with E-state index in [4.69, 9.17) is 5.11 Å². The van der Waals surface area contributed by atoms with Gasteiger partial charge in [-0.1, -0.05) is 0 Å². The molecule has 0 spiro atoms. The number of carbonyl (C=O) groups excluding carboxylic acids is 1. The fraction of sp³-hybridized carbons (Fsp3) is 0.636. The van der Waals surface area contributed by atoms with Gasteiger partial charge < -0.3 is 10.0 Å². The van der Waals surface area contributed by atoms with Crippen LogP contribution in [0.15, 0.2) is 12.7 Å². The molecule has 0 radical (unpaired) electrons. The Bertz CT molecular complexity index is 432. The van der Waals surface area contributed by atoms with E-state index in [0.717, 1.165) is 6.42 Å². The van der Waals surface area contributed by atoms with Crippen molar-refractivity contribution in [3.05, 3.63) is 12.7 Å². The van der Waals surface area contributed by atoms with Crippen molar-refractivity contribution in [1.29, 1.82) is 0 Å². The zero-order valence-corrected chi connectivity index (χ0v) is 10.2. The van der Waals surface area contributed by atoms with Gasteiger partial charge in [-0.25, -0.2) is 9.67 Å². The summed E-state index contributed by atoms with van der Waals surface area (Å²) in [5.41, 5.74) is 0. The highest BCUT2D eigenvalue weighted by Gasteiger charge is 2.30. The Morgan fingerprint density at radius 3 is 2.94 bits per heavy atom. The van der Waals surface area contributed by atoms with E-state index in [1.807, 2.05) is 0 Å². The quantitative estimate of drug-likeness (QED) is 0.824. The van der Waals surface area contributed by atoms with Crippen LogP contribution < -0.4 is 0 Å². The summed E-state index contributed by atoms with van der Waals surface area (Å²) in [5, 5.41) is 12.7. The normalized spacial score (nSPS) is 20.9. The molecule has 1 amide bonds. The number of carboxylic acids is 1. The molecule has 1 aliphatic heterocycles. The van der Waals surface area contributed by atoms with Crippen LogP contribution in [0.2, 0.25) is 0 Å². The molecular formula is C11H16N4O3. The molecule has 2 atom stereocenters. The summed E-state index contributed by atoms with van der Waals surface area (Å²) in [6, 6.07) is -0.393. The molecule has 7 nitrogen and oxygen atoms in total. The number of rotatable bonds is 4. The molecule has 2 unspecified atom stereocenters. The molecule has 1 aliphatic rings.